The Morgan fingerprint density at radius 1 is 0.833 bits per heavy atom. The van der Waals surface area contributed by atoms with Crippen molar-refractivity contribution in [3.8, 4) is 11.1 Å². The van der Waals surface area contributed by atoms with E-state index in [1.165, 1.54) is 73.6 Å². The Morgan fingerprint density at radius 3 is 2.07 bits per heavy atom. The smallest absolute Gasteiger partial charge is 0.0716 e. The number of benzene rings is 2. The van der Waals surface area contributed by atoms with E-state index in [0.717, 1.165) is 24.9 Å². The number of hydrogen-bond donors (Lipinski definition) is 0. The zero-order valence-electron chi connectivity index (χ0n) is 19.1. The SMILES string of the molecule is C/C=C/C1CCC(CCCCc2ccc(-c3ccc(COCCC)cc3)cc2)CC1. The van der Waals surface area contributed by atoms with Crippen molar-refractivity contribution in [2.24, 2.45) is 11.8 Å². The van der Waals surface area contributed by atoms with Crippen LogP contribution in [0.15, 0.2) is 60.7 Å². The van der Waals surface area contributed by atoms with Gasteiger partial charge in [-0.1, -0.05) is 80.4 Å². The monoisotopic (exact) mass is 404 g/mol. The number of unbranched alkanes of at least 4 members (excludes halogenated alkanes) is 1. The fourth-order valence-electron chi connectivity index (χ4n) is 4.70. The maximum atomic E-state index is 5.63. The van der Waals surface area contributed by atoms with Gasteiger partial charge in [-0.25, -0.2) is 0 Å². The highest BCUT2D eigenvalue weighted by Gasteiger charge is 2.18. The highest BCUT2D eigenvalue weighted by molar-refractivity contribution is 5.63. The van der Waals surface area contributed by atoms with Gasteiger partial charge in [0.15, 0.2) is 0 Å². The molecule has 0 heterocycles. The van der Waals surface area contributed by atoms with E-state index in [0.29, 0.717) is 6.61 Å². The number of rotatable bonds is 11. The summed E-state index contributed by atoms with van der Waals surface area (Å²) >= 11 is 0. The minimum absolute atomic E-state index is 0.713. The molecule has 1 fully saturated rings. The van der Waals surface area contributed by atoms with Crippen LogP contribution in [-0.2, 0) is 17.8 Å². The van der Waals surface area contributed by atoms with E-state index in [1.54, 1.807) is 0 Å². The normalized spacial score (nSPS) is 19.4. The van der Waals surface area contributed by atoms with Crippen molar-refractivity contribution in [1.82, 2.24) is 0 Å². The summed E-state index contributed by atoms with van der Waals surface area (Å²) < 4.78 is 5.63. The predicted molar refractivity (Wildman–Crippen MR) is 130 cm³/mol. The summed E-state index contributed by atoms with van der Waals surface area (Å²) in [6.45, 7) is 5.84. The standard InChI is InChI=1S/C29H40O/c1-3-7-24-10-12-25(13-11-24)8-5-6-9-26-14-18-28(19-15-26)29-20-16-27(17-21-29)23-30-22-4-2/h3,7,14-21,24-25H,4-6,8-13,22-23H2,1-2H3/b7-3+. The van der Waals surface area contributed by atoms with Crippen molar-refractivity contribution < 1.29 is 4.74 Å². The van der Waals surface area contributed by atoms with Crippen molar-refractivity contribution >= 4 is 0 Å². The van der Waals surface area contributed by atoms with E-state index in [9.17, 15) is 0 Å². The Hall–Kier alpha value is -1.86. The summed E-state index contributed by atoms with van der Waals surface area (Å²) in [7, 11) is 0. The van der Waals surface area contributed by atoms with Crippen LogP contribution in [0.2, 0.25) is 0 Å². The molecule has 0 saturated heterocycles. The summed E-state index contributed by atoms with van der Waals surface area (Å²) in [5, 5.41) is 0. The number of ether oxygens (including phenoxy) is 1. The van der Waals surface area contributed by atoms with E-state index in [4.69, 9.17) is 4.74 Å². The fourth-order valence-corrected chi connectivity index (χ4v) is 4.70. The molecule has 0 N–H and O–H groups in total. The molecule has 0 radical (unpaired) electrons. The van der Waals surface area contributed by atoms with Gasteiger partial charge >= 0.3 is 0 Å². The molecule has 0 aliphatic heterocycles. The molecule has 0 bridgehead atoms. The van der Waals surface area contributed by atoms with Gasteiger partial charge in [0.05, 0.1) is 6.61 Å². The molecule has 3 rings (SSSR count). The minimum atomic E-state index is 0.713. The molecule has 1 aliphatic rings. The Kier molecular flexibility index (Phi) is 9.70. The molecular weight excluding hydrogens is 364 g/mol. The first-order chi connectivity index (χ1) is 14.8. The highest BCUT2D eigenvalue weighted by atomic mass is 16.5. The average molecular weight is 405 g/mol. The molecule has 30 heavy (non-hydrogen) atoms. The Labute approximate surface area is 184 Å². The minimum Gasteiger partial charge on any atom is -0.377 e. The van der Waals surface area contributed by atoms with Crippen LogP contribution in [0.5, 0.6) is 0 Å². The zero-order chi connectivity index (χ0) is 21.0. The van der Waals surface area contributed by atoms with Gasteiger partial charge in [0.25, 0.3) is 0 Å². The summed E-state index contributed by atoms with van der Waals surface area (Å²) in [5.74, 6) is 1.83. The third-order valence-corrected chi connectivity index (χ3v) is 6.54. The fraction of sp³-hybridized carbons (Fsp3) is 0.517. The molecule has 1 aliphatic carbocycles. The van der Waals surface area contributed by atoms with Gasteiger partial charge < -0.3 is 4.74 Å². The van der Waals surface area contributed by atoms with E-state index >= 15 is 0 Å². The predicted octanol–water partition coefficient (Wildman–Crippen LogP) is 8.38. The third-order valence-electron chi connectivity index (χ3n) is 6.54. The van der Waals surface area contributed by atoms with Gasteiger partial charge in [0, 0.05) is 6.61 Å². The number of hydrogen-bond acceptors (Lipinski definition) is 1. The molecule has 0 atom stereocenters. The Balaban J connectivity index is 1.37. The molecule has 0 aromatic heterocycles. The van der Waals surface area contributed by atoms with Crippen LogP contribution >= 0.6 is 0 Å². The lowest BCUT2D eigenvalue weighted by molar-refractivity contribution is 0.121. The van der Waals surface area contributed by atoms with Gasteiger partial charge in [-0.2, -0.15) is 0 Å². The summed E-state index contributed by atoms with van der Waals surface area (Å²) in [4.78, 5) is 0. The third kappa shape index (κ3) is 7.43. The maximum Gasteiger partial charge on any atom is 0.0716 e. The summed E-state index contributed by atoms with van der Waals surface area (Å²) in [6, 6.07) is 18.0. The molecule has 0 unspecified atom stereocenters. The molecular formula is C29H40O. The van der Waals surface area contributed by atoms with Gasteiger partial charge in [-0.3, -0.25) is 0 Å². The van der Waals surface area contributed by atoms with Crippen LogP contribution in [-0.4, -0.2) is 6.61 Å². The van der Waals surface area contributed by atoms with Gasteiger partial charge in [0.2, 0.25) is 0 Å². The van der Waals surface area contributed by atoms with E-state index in [1.807, 2.05) is 0 Å². The molecule has 1 saturated carbocycles. The maximum absolute atomic E-state index is 5.63. The number of aryl methyl sites for hydroxylation is 1. The van der Waals surface area contributed by atoms with Crippen LogP contribution in [0.3, 0.4) is 0 Å². The first-order valence-corrected chi connectivity index (χ1v) is 12.2. The summed E-state index contributed by atoms with van der Waals surface area (Å²) in [5.41, 5.74) is 5.31. The summed E-state index contributed by atoms with van der Waals surface area (Å²) in [6.07, 6.45) is 16.7. The van der Waals surface area contributed by atoms with E-state index in [2.05, 4.69) is 74.5 Å². The quantitative estimate of drug-likeness (QED) is 0.270. The van der Waals surface area contributed by atoms with Gasteiger partial charge in [0.1, 0.15) is 0 Å². The van der Waals surface area contributed by atoms with Crippen molar-refractivity contribution in [3.05, 3.63) is 71.8 Å². The zero-order valence-corrected chi connectivity index (χ0v) is 19.1. The molecule has 1 nitrogen and oxygen atoms in total. The van der Waals surface area contributed by atoms with E-state index < -0.39 is 0 Å². The second-order valence-corrected chi connectivity index (χ2v) is 9.00. The van der Waals surface area contributed by atoms with Crippen LogP contribution in [0, 0.1) is 11.8 Å². The molecule has 0 amide bonds. The van der Waals surface area contributed by atoms with Crippen molar-refractivity contribution in [3.63, 3.8) is 0 Å². The van der Waals surface area contributed by atoms with Gasteiger partial charge in [-0.05, 0) is 86.0 Å². The van der Waals surface area contributed by atoms with E-state index in [-0.39, 0.29) is 0 Å². The van der Waals surface area contributed by atoms with Crippen molar-refractivity contribution in [2.45, 2.75) is 78.2 Å². The van der Waals surface area contributed by atoms with Crippen LogP contribution < -0.4 is 0 Å². The second-order valence-electron chi connectivity index (χ2n) is 9.00. The molecule has 162 valence electrons. The first kappa shape index (κ1) is 22.8. The molecule has 0 spiro atoms. The lowest BCUT2D eigenvalue weighted by Gasteiger charge is -2.26. The molecule has 2 aromatic carbocycles. The largest absolute Gasteiger partial charge is 0.377 e. The topological polar surface area (TPSA) is 9.23 Å². The Morgan fingerprint density at radius 2 is 1.47 bits per heavy atom. The van der Waals surface area contributed by atoms with Crippen LogP contribution in [0.25, 0.3) is 11.1 Å². The lowest BCUT2D eigenvalue weighted by atomic mass is 9.79. The van der Waals surface area contributed by atoms with Crippen LogP contribution in [0.1, 0.15) is 76.3 Å². The van der Waals surface area contributed by atoms with Crippen molar-refractivity contribution in [2.75, 3.05) is 6.61 Å². The molecule has 2 aromatic rings. The molecule has 1 heteroatoms. The van der Waals surface area contributed by atoms with Crippen LogP contribution in [0.4, 0.5) is 0 Å². The highest BCUT2D eigenvalue weighted by Crippen LogP contribution is 2.32. The first-order valence-electron chi connectivity index (χ1n) is 12.2. The van der Waals surface area contributed by atoms with Crippen molar-refractivity contribution in [1.29, 1.82) is 0 Å². The average Bonchev–Trinajstić information content (AvgIpc) is 2.79. The van der Waals surface area contributed by atoms with Gasteiger partial charge in [-0.15, -0.1) is 0 Å². The number of allylic oxidation sites excluding steroid dienone is 2. The second kappa shape index (κ2) is 12.7. The Bertz CT molecular complexity index is 733. The lowest BCUT2D eigenvalue weighted by Crippen LogP contribution is -2.13.